The highest BCUT2D eigenvalue weighted by atomic mass is 16.3. The number of aliphatic hydroxyl groups is 1. The fourth-order valence-corrected chi connectivity index (χ4v) is 3.45. The molecule has 1 aromatic heterocycles. The van der Waals surface area contributed by atoms with Crippen LogP contribution in [-0.2, 0) is 11.0 Å². The molecule has 0 bridgehead atoms. The van der Waals surface area contributed by atoms with Gasteiger partial charge in [0.2, 0.25) is 0 Å². The lowest BCUT2D eigenvalue weighted by Crippen LogP contribution is -2.45. The quantitative estimate of drug-likeness (QED) is 0.900. The molecule has 3 rings (SSSR count). The van der Waals surface area contributed by atoms with Crippen LogP contribution in [0.1, 0.15) is 60.9 Å². The van der Waals surface area contributed by atoms with Crippen LogP contribution in [0.15, 0.2) is 36.7 Å². The molecule has 5 nitrogen and oxygen atoms in total. The minimum atomic E-state index is -0.866. The highest BCUT2D eigenvalue weighted by Crippen LogP contribution is 2.34. The number of piperidine rings is 1. The van der Waals surface area contributed by atoms with Crippen LogP contribution in [0.5, 0.6) is 0 Å². The van der Waals surface area contributed by atoms with Gasteiger partial charge in [-0.1, -0.05) is 45.0 Å². The molecule has 1 amide bonds. The number of benzene rings is 1. The molecule has 138 valence electrons. The third kappa shape index (κ3) is 3.63. The van der Waals surface area contributed by atoms with E-state index in [0.29, 0.717) is 31.5 Å². The molecule has 0 spiro atoms. The van der Waals surface area contributed by atoms with E-state index < -0.39 is 5.60 Å². The maximum absolute atomic E-state index is 12.7. The molecule has 2 heterocycles. The lowest BCUT2D eigenvalue weighted by atomic mass is 9.82. The van der Waals surface area contributed by atoms with Crippen LogP contribution in [0.25, 0.3) is 0 Å². The van der Waals surface area contributed by atoms with Gasteiger partial charge in [0.1, 0.15) is 5.82 Å². The van der Waals surface area contributed by atoms with E-state index in [2.05, 4.69) is 9.97 Å². The molecule has 0 aliphatic carbocycles. The first-order valence-electron chi connectivity index (χ1n) is 9.11. The zero-order valence-electron chi connectivity index (χ0n) is 16.0. The summed E-state index contributed by atoms with van der Waals surface area (Å²) >= 11 is 0. The van der Waals surface area contributed by atoms with Gasteiger partial charge in [-0.05, 0) is 30.9 Å². The predicted octanol–water partition coefficient (Wildman–Crippen LogP) is 3.21. The number of nitrogens with zero attached hydrogens (tertiary/aromatic N) is 3. The van der Waals surface area contributed by atoms with Crippen LogP contribution < -0.4 is 0 Å². The Labute approximate surface area is 155 Å². The monoisotopic (exact) mass is 353 g/mol. The SMILES string of the molecule is Cc1ccccc1C1(O)CCN(C(=O)c2cnc(C(C)(C)C)nc2)CC1. The second-order valence-electron chi connectivity index (χ2n) is 8.18. The summed E-state index contributed by atoms with van der Waals surface area (Å²) in [6.07, 6.45) is 4.28. The Morgan fingerprint density at radius 3 is 2.23 bits per heavy atom. The summed E-state index contributed by atoms with van der Waals surface area (Å²) in [6.45, 7) is 9.18. The summed E-state index contributed by atoms with van der Waals surface area (Å²) in [7, 11) is 0. The summed E-state index contributed by atoms with van der Waals surface area (Å²) in [5.41, 5.74) is 1.54. The van der Waals surface area contributed by atoms with Crippen molar-refractivity contribution in [3.63, 3.8) is 0 Å². The maximum Gasteiger partial charge on any atom is 0.256 e. The fraction of sp³-hybridized carbons (Fsp3) is 0.476. The van der Waals surface area contributed by atoms with Crippen molar-refractivity contribution in [2.24, 2.45) is 0 Å². The third-order valence-corrected chi connectivity index (χ3v) is 5.09. The van der Waals surface area contributed by atoms with E-state index in [1.54, 1.807) is 17.3 Å². The highest BCUT2D eigenvalue weighted by molar-refractivity contribution is 5.93. The standard InChI is InChI=1S/C21H27N3O2/c1-15-7-5-6-8-17(15)21(26)9-11-24(12-10-21)18(25)16-13-22-19(23-14-16)20(2,3)4/h5-8,13-14,26H,9-12H2,1-4H3. The van der Waals surface area contributed by atoms with Crippen molar-refractivity contribution in [1.82, 2.24) is 14.9 Å². The number of aromatic nitrogens is 2. The number of amides is 1. The molecule has 0 unspecified atom stereocenters. The van der Waals surface area contributed by atoms with Crippen molar-refractivity contribution in [2.75, 3.05) is 13.1 Å². The number of rotatable bonds is 2. The molecule has 1 aliphatic rings. The molecular weight excluding hydrogens is 326 g/mol. The van der Waals surface area contributed by atoms with Crippen molar-refractivity contribution >= 4 is 5.91 Å². The van der Waals surface area contributed by atoms with Crippen molar-refractivity contribution in [3.05, 3.63) is 59.2 Å². The summed E-state index contributed by atoms with van der Waals surface area (Å²) in [5, 5.41) is 11.1. The Kier molecular flexibility index (Phi) is 4.84. The molecule has 5 heteroatoms. The summed E-state index contributed by atoms with van der Waals surface area (Å²) in [5.74, 6) is 0.652. The zero-order valence-corrected chi connectivity index (χ0v) is 16.0. The molecule has 1 N–H and O–H groups in total. The molecule has 26 heavy (non-hydrogen) atoms. The van der Waals surface area contributed by atoms with Crippen molar-refractivity contribution in [2.45, 2.75) is 51.6 Å². The van der Waals surface area contributed by atoms with Crippen LogP contribution in [-0.4, -0.2) is 39.0 Å². The number of aryl methyl sites for hydroxylation is 1. The van der Waals surface area contributed by atoms with E-state index in [4.69, 9.17) is 0 Å². The molecule has 2 aromatic rings. The van der Waals surface area contributed by atoms with Gasteiger partial charge in [-0.2, -0.15) is 0 Å². The first-order chi connectivity index (χ1) is 12.2. The summed E-state index contributed by atoms with van der Waals surface area (Å²) < 4.78 is 0. The van der Waals surface area contributed by atoms with Gasteiger partial charge < -0.3 is 10.0 Å². The van der Waals surface area contributed by atoms with E-state index in [1.165, 1.54) is 0 Å². The summed E-state index contributed by atoms with van der Waals surface area (Å²) in [4.78, 5) is 23.2. The molecule has 0 radical (unpaired) electrons. The van der Waals surface area contributed by atoms with Crippen molar-refractivity contribution in [1.29, 1.82) is 0 Å². The van der Waals surface area contributed by atoms with E-state index >= 15 is 0 Å². The second kappa shape index (κ2) is 6.80. The predicted molar refractivity (Wildman–Crippen MR) is 101 cm³/mol. The largest absolute Gasteiger partial charge is 0.385 e. The van der Waals surface area contributed by atoms with Crippen LogP contribution in [0.2, 0.25) is 0 Å². The van der Waals surface area contributed by atoms with Gasteiger partial charge in [0, 0.05) is 30.9 Å². The van der Waals surface area contributed by atoms with Gasteiger partial charge in [-0.15, -0.1) is 0 Å². The molecule has 0 atom stereocenters. The Morgan fingerprint density at radius 1 is 1.12 bits per heavy atom. The van der Waals surface area contributed by atoms with Crippen LogP contribution >= 0.6 is 0 Å². The number of hydrogen-bond donors (Lipinski definition) is 1. The Balaban J connectivity index is 1.70. The number of likely N-dealkylation sites (tertiary alicyclic amines) is 1. The van der Waals surface area contributed by atoms with E-state index in [9.17, 15) is 9.90 Å². The van der Waals surface area contributed by atoms with Crippen molar-refractivity contribution < 1.29 is 9.90 Å². The zero-order chi connectivity index (χ0) is 18.9. The average molecular weight is 353 g/mol. The smallest absolute Gasteiger partial charge is 0.256 e. The van der Waals surface area contributed by atoms with Gasteiger partial charge in [0.25, 0.3) is 5.91 Å². The normalized spacial score (nSPS) is 17.2. The minimum Gasteiger partial charge on any atom is -0.385 e. The Morgan fingerprint density at radius 2 is 1.69 bits per heavy atom. The molecular formula is C21H27N3O2. The van der Waals surface area contributed by atoms with Gasteiger partial charge in [0.15, 0.2) is 0 Å². The number of carbonyl (C=O) groups excluding carboxylic acids is 1. The van der Waals surface area contributed by atoms with Gasteiger partial charge >= 0.3 is 0 Å². The van der Waals surface area contributed by atoms with Gasteiger partial charge in [0.05, 0.1) is 11.2 Å². The van der Waals surface area contributed by atoms with E-state index in [0.717, 1.165) is 17.0 Å². The first kappa shape index (κ1) is 18.5. The van der Waals surface area contributed by atoms with Gasteiger partial charge in [-0.25, -0.2) is 9.97 Å². The second-order valence-corrected chi connectivity index (χ2v) is 8.18. The molecule has 1 aliphatic heterocycles. The maximum atomic E-state index is 12.7. The molecule has 1 aromatic carbocycles. The van der Waals surface area contributed by atoms with Crippen molar-refractivity contribution in [3.8, 4) is 0 Å². The minimum absolute atomic E-state index is 0.0720. The van der Waals surface area contributed by atoms with Crippen LogP contribution in [0.3, 0.4) is 0 Å². The van der Waals surface area contributed by atoms with Crippen LogP contribution in [0, 0.1) is 6.92 Å². The lowest BCUT2D eigenvalue weighted by molar-refractivity contribution is -0.0215. The third-order valence-electron chi connectivity index (χ3n) is 5.09. The number of carbonyl (C=O) groups is 1. The fourth-order valence-electron chi connectivity index (χ4n) is 3.45. The topological polar surface area (TPSA) is 66.3 Å². The van der Waals surface area contributed by atoms with Gasteiger partial charge in [-0.3, -0.25) is 4.79 Å². The first-order valence-corrected chi connectivity index (χ1v) is 9.11. The Bertz CT molecular complexity index is 786. The highest BCUT2D eigenvalue weighted by Gasteiger charge is 2.36. The van der Waals surface area contributed by atoms with Crippen LogP contribution in [0.4, 0.5) is 0 Å². The number of hydrogen-bond acceptors (Lipinski definition) is 4. The molecule has 1 fully saturated rings. The summed E-state index contributed by atoms with van der Waals surface area (Å²) in [6, 6.07) is 7.92. The Hall–Kier alpha value is -2.27. The molecule has 1 saturated heterocycles. The van der Waals surface area contributed by atoms with E-state index in [-0.39, 0.29) is 11.3 Å². The molecule has 0 saturated carbocycles. The average Bonchev–Trinajstić information content (AvgIpc) is 2.61. The lowest BCUT2D eigenvalue weighted by Gasteiger charge is -2.39. The van der Waals surface area contributed by atoms with E-state index in [1.807, 2.05) is 52.0 Å².